The Hall–Kier alpha value is -2.95. The zero-order valence-corrected chi connectivity index (χ0v) is 15.7. The van der Waals surface area contributed by atoms with Crippen LogP contribution >= 0.6 is 0 Å². The number of nitrogens with one attached hydrogen (secondary N) is 1. The number of nitrogens with zero attached hydrogens (tertiary/aromatic N) is 2. The smallest absolute Gasteiger partial charge is 0.271 e. The van der Waals surface area contributed by atoms with Crippen molar-refractivity contribution in [3.63, 3.8) is 0 Å². The Bertz CT molecular complexity index is 898. The van der Waals surface area contributed by atoms with Crippen molar-refractivity contribution in [2.45, 2.75) is 26.2 Å². The first-order valence-electron chi connectivity index (χ1n) is 9.16. The Morgan fingerprint density at radius 2 is 1.78 bits per heavy atom. The minimum atomic E-state index is -0.287. The number of carbonyl (C=O) groups is 1. The molecule has 4 nitrogen and oxygen atoms in total. The van der Waals surface area contributed by atoms with E-state index in [4.69, 9.17) is 0 Å². The molecular formula is C22H24FN3O. The van der Waals surface area contributed by atoms with Crippen LogP contribution < -0.4 is 5.32 Å². The standard InChI is InChI=1S/C22H24FN3O/c1-16-6-8-17(9-7-16)5-3-4-14-24-22(27)20-15-21(26(2)25-20)18-10-12-19(23)13-11-18/h6-13,15H,3-5,14H2,1-2H3,(H,24,27). The third-order valence-corrected chi connectivity index (χ3v) is 4.55. The molecule has 1 N–H and O–H groups in total. The second kappa shape index (κ2) is 8.62. The maximum absolute atomic E-state index is 13.1. The minimum Gasteiger partial charge on any atom is -0.351 e. The first-order chi connectivity index (χ1) is 13.0. The molecule has 1 amide bonds. The van der Waals surface area contributed by atoms with E-state index in [0.29, 0.717) is 12.2 Å². The van der Waals surface area contributed by atoms with Gasteiger partial charge in [0.25, 0.3) is 5.91 Å². The van der Waals surface area contributed by atoms with Crippen LogP contribution in [0.4, 0.5) is 4.39 Å². The van der Waals surface area contributed by atoms with Crippen LogP contribution in [0.25, 0.3) is 11.3 Å². The Kier molecular flexibility index (Phi) is 6.01. The highest BCUT2D eigenvalue weighted by Gasteiger charge is 2.13. The van der Waals surface area contributed by atoms with Crippen LogP contribution in [0.15, 0.2) is 54.6 Å². The van der Waals surface area contributed by atoms with Crippen LogP contribution in [-0.4, -0.2) is 22.2 Å². The SMILES string of the molecule is Cc1ccc(CCCCNC(=O)c2cc(-c3ccc(F)cc3)n(C)n2)cc1. The maximum Gasteiger partial charge on any atom is 0.271 e. The number of halogens is 1. The van der Waals surface area contributed by atoms with Crippen LogP contribution in [0.2, 0.25) is 0 Å². The van der Waals surface area contributed by atoms with Gasteiger partial charge in [0.2, 0.25) is 0 Å². The van der Waals surface area contributed by atoms with Crippen LogP contribution in [-0.2, 0) is 13.5 Å². The summed E-state index contributed by atoms with van der Waals surface area (Å²) in [5.41, 5.74) is 4.56. The van der Waals surface area contributed by atoms with Gasteiger partial charge in [-0.2, -0.15) is 5.10 Å². The Labute approximate surface area is 159 Å². The lowest BCUT2D eigenvalue weighted by Gasteiger charge is -2.04. The zero-order valence-electron chi connectivity index (χ0n) is 15.7. The van der Waals surface area contributed by atoms with Gasteiger partial charge in [-0.15, -0.1) is 0 Å². The lowest BCUT2D eigenvalue weighted by Crippen LogP contribution is -2.25. The van der Waals surface area contributed by atoms with E-state index in [1.807, 2.05) is 0 Å². The van der Waals surface area contributed by atoms with E-state index in [1.54, 1.807) is 29.9 Å². The molecule has 0 unspecified atom stereocenters. The number of aryl methyl sites for hydroxylation is 3. The fourth-order valence-corrected chi connectivity index (χ4v) is 2.97. The van der Waals surface area contributed by atoms with Crippen molar-refractivity contribution < 1.29 is 9.18 Å². The molecule has 140 valence electrons. The van der Waals surface area contributed by atoms with Crippen LogP contribution in [0.1, 0.15) is 34.5 Å². The van der Waals surface area contributed by atoms with E-state index in [9.17, 15) is 9.18 Å². The van der Waals surface area contributed by atoms with Gasteiger partial charge in [-0.1, -0.05) is 29.8 Å². The summed E-state index contributed by atoms with van der Waals surface area (Å²) in [7, 11) is 1.77. The maximum atomic E-state index is 13.1. The molecule has 0 aliphatic heterocycles. The van der Waals surface area contributed by atoms with Crippen molar-refractivity contribution in [3.05, 3.63) is 77.2 Å². The average Bonchev–Trinajstić information content (AvgIpc) is 3.05. The van der Waals surface area contributed by atoms with E-state index in [1.165, 1.54) is 23.3 Å². The molecule has 5 heteroatoms. The summed E-state index contributed by atoms with van der Waals surface area (Å²) < 4.78 is 14.7. The van der Waals surface area contributed by atoms with Crippen molar-refractivity contribution in [1.29, 1.82) is 0 Å². The molecule has 0 bridgehead atoms. The number of rotatable bonds is 7. The zero-order chi connectivity index (χ0) is 19.2. The number of hydrogen-bond acceptors (Lipinski definition) is 2. The van der Waals surface area contributed by atoms with Crippen LogP contribution in [0.5, 0.6) is 0 Å². The van der Waals surface area contributed by atoms with Crippen molar-refractivity contribution in [1.82, 2.24) is 15.1 Å². The van der Waals surface area contributed by atoms with Gasteiger partial charge in [0.1, 0.15) is 5.82 Å². The highest BCUT2D eigenvalue weighted by atomic mass is 19.1. The Morgan fingerprint density at radius 1 is 1.07 bits per heavy atom. The third-order valence-electron chi connectivity index (χ3n) is 4.55. The normalized spacial score (nSPS) is 10.8. The molecule has 0 spiro atoms. The number of benzene rings is 2. The van der Waals surface area contributed by atoms with E-state index in [-0.39, 0.29) is 11.7 Å². The van der Waals surface area contributed by atoms with Crippen molar-refractivity contribution in [3.8, 4) is 11.3 Å². The van der Waals surface area contributed by atoms with E-state index in [2.05, 4.69) is 41.6 Å². The van der Waals surface area contributed by atoms with E-state index in [0.717, 1.165) is 30.5 Å². The molecule has 0 fully saturated rings. The first kappa shape index (κ1) is 18.8. The van der Waals surface area contributed by atoms with Gasteiger partial charge in [-0.05, 0) is 67.6 Å². The number of hydrogen-bond donors (Lipinski definition) is 1. The van der Waals surface area contributed by atoms with E-state index < -0.39 is 0 Å². The second-order valence-corrected chi connectivity index (χ2v) is 6.74. The third kappa shape index (κ3) is 5.03. The topological polar surface area (TPSA) is 46.9 Å². The molecule has 0 radical (unpaired) electrons. The molecule has 0 saturated heterocycles. The summed E-state index contributed by atoms with van der Waals surface area (Å²) in [5.74, 6) is -0.473. The molecule has 3 rings (SSSR count). The summed E-state index contributed by atoms with van der Waals surface area (Å²) in [4.78, 5) is 12.3. The molecule has 27 heavy (non-hydrogen) atoms. The summed E-state index contributed by atoms with van der Waals surface area (Å²) in [6.45, 7) is 2.70. The van der Waals surface area contributed by atoms with Gasteiger partial charge in [0.15, 0.2) is 5.69 Å². The Balaban J connectivity index is 1.49. The molecule has 1 aromatic heterocycles. The monoisotopic (exact) mass is 365 g/mol. The van der Waals surface area contributed by atoms with Gasteiger partial charge < -0.3 is 5.32 Å². The van der Waals surface area contributed by atoms with Crippen LogP contribution in [0.3, 0.4) is 0 Å². The molecule has 1 heterocycles. The summed E-state index contributed by atoms with van der Waals surface area (Å²) in [6.07, 6.45) is 2.94. The summed E-state index contributed by atoms with van der Waals surface area (Å²) in [5, 5.41) is 7.20. The lowest BCUT2D eigenvalue weighted by molar-refractivity contribution is 0.0947. The van der Waals surface area contributed by atoms with Crippen molar-refractivity contribution in [2.75, 3.05) is 6.54 Å². The largest absolute Gasteiger partial charge is 0.351 e. The average molecular weight is 365 g/mol. The summed E-state index contributed by atoms with van der Waals surface area (Å²) in [6, 6.07) is 16.4. The number of amides is 1. The molecule has 0 aliphatic carbocycles. The van der Waals surface area contributed by atoms with Crippen LogP contribution in [0, 0.1) is 12.7 Å². The first-order valence-corrected chi connectivity index (χ1v) is 9.16. The van der Waals surface area contributed by atoms with Gasteiger partial charge in [0, 0.05) is 13.6 Å². The quantitative estimate of drug-likeness (QED) is 0.635. The molecular weight excluding hydrogens is 341 g/mol. The fraction of sp³-hybridized carbons (Fsp3) is 0.273. The predicted octanol–water partition coefficient (Wildman–Crippen LogP) is 4.29. The molecule has 0 saturated carbocycles. The van der Waals surface area contributed by atoms with Crippen molar-refractivity contribution >= 4 is 5.91 Å². The number of unbranched alkanes of at least 4 members (excludes halogenated alkanes) is 1. The van der Waals surface area contributed by atoms with Gasteiger partial charge in [0.05, 0.1) is 5.69 Å². The van der Waals surface area contributed by atoms with Gasteiger partial charge in [-0.25, -0.2) is 4.39 Å². The molecule has 2 aromatic carbocycles. The predicted molar refractivity (Wildman–Crippen MR) is 105 cm³/mol. The second-order valence-electron chi connectivity index (χ2n) is 6.74. The summed E-state index contributed by atoms with van der Waals surface area (Å²) >= 11 is 0. The fourth-order valence-electron chi connectivity index (χ4n) is 2.97. The Morgan fingerprint density at radius 3 is 2.48 bits per heavy atom. The molecule has 3 aromatic rings. The van der Waals surface area contributed by atoms with Crippen molar-refractivity contribution in [2.24, 2.45) is 7.05 Å². The van der Waals surface area contributed by atoms with E-state index >= 15 is 0 Å². The highest BCUT2D eigenvalue weighted by molar-refractivity contribution is 5.93. The highest BCUT2D eigenvalue weighted by Crippen LogP contribution is 2.20. The molecule has 0 aliphatic rings. The number of aromatic nitrogens is 2. The lowest BCUT2D eigenvalue weighted by atomic mass is 10.1. The van der Waals surface area contributed by atoms with Gasteiger partial charge in [-0.3, -0.25) is 9.48 Å². The molecule has 0 atom stereocenters. The van der Waals surface area contributed by atoms with Gasteiger partial charge >= 0.3 is 0 Å². The minimum absolute atomic E-state index is 0.186. The number of carbonyl (C=O) groups excluding carboxylic acids is 1.